The number of nitrogens with zero attached hydrogens (tertiary/aromatic N) is 1. The van der Waals surface area contributed by atoms with E-state index >= 15 is 0 Å². The second-order valence-corrected chi connectivity index (χ2v) is 5.11. The van der Waals surface area contributed by atoms with Crippen LogP contribution in [0.5, 0.6) is 0 Å². The van der Waals surface area contributed by atoms with Gasteiger partial charge < -0.3 is 0 Å². The minimum Gasteiger partial charge on any atom is -0.298 e. The van der Waals surface area contributed by atoms with E-state index < -0.39 is 0 Å². The Kier molecular flexibility index (Phi) is 3.79. The van der Waals surface area contributed by atoms with Gasteiger partial charge in [0, 0.05) is 13.0 Å². The van der Waals surface area contributed by atoms with Crippen LogP contribution in [-0.2, 0) is 4.79 Å². The highest BCUT2D eigenvalue weighted by Crippen LogP contribution is 2.29. The predicted octanol–water partition coefficient (Wildman–Crippen LogP) is 2.62. The van der Waals surface area contributed by atoms with Gasteiger partial charge in [-0.05, 0) is 38.1 Å². The van der Waals surface area contributed by atoms with Crippen molar-refractivity contribution in [1.82, 2.24) is 4.90 Å². The SMILES string of the molecule is CCN(CC1CCC1)C1CCCCC1=O. The highest BCUT2D eigenvalue weighted by molar-refractivity contribution is 5.84. The molecule has 0 aromatic heterocycles. The van der Waals surface area contributed by atoms with Crippen LogP contribution in [0, 0.1) is 5.92 Å². The molecule has 2 saturated carbocycles. The third-order valence-electron chi connectivity index (χ3n) is 4.09. The first-order valence-corrected chi connectivity index (χ1v) is 6.58. The summed E-state index contributed by atoms with van der Waals surface area (Å²) in [7, 11) is 0. The lowest BCUT2D eigenvalue weighted by molar-refractivity contribution is -0.126. The number of hydrogen-bond acceptors (Lipinski definition) is 2. The molecular formula is C13H23NO. The summed E-state index contributed by atoms with van der Waals surface area (Å²) < 4.78 is 0. The molecule has 0 N–H and O–H groups in total. The molecule has 0 spiro atoms. The van der Waals surface area contributed by atoms with Crippen LogP contribution in [0.2, 0.25) is 0 Å². The fraction of sp³-hybridized carbons (Fsp3) is 0.923. The van der Waals surface area contributed by atoms with Crippen molar-refractivity contribution in [3.63, 3.8) is 0 Å². The molecule has 0 bridgehead atoms. The molecule has 2 fully saturated rings. The van der Waals surface area contributed by atoms with Gasteiger partial charge in [0.15, 0.2) is 0 Å². The zero-order chi connectivity index (χ0) is 10.7. The monoisotopic (exact) mass is 209 g/mol. The molecule has 0 saturated heterocycles. The predicted molar refractivity (Wildman–Crippen MR) is 61.9 cm³/mol. The number of likely N-dealkylation sites (N-methyl/N-ethyl adjacent to an activating group) is 1. The third kappa shape index (κ3) is 2.60. The summed E-state index contributed by atoms with van der Waals surface area (Å²) in [6.45, 7) is 4.42. The van der Waals surface area contributed by atoms with Crippen LogP contribution in [-0.4, -0.2) is 29.8 Å². The van der Waals surface area contributed by atoms with Crippen LogP contribution in [0.3, 0.4) is 0 Å². The maximum Gasteiger partial charge on any atom is 0.149 e. The topological polar surface area (TPSA) is 20.3 Å². The largest absolute Gasteiger partial charge is 0.298 e. The van der Waals surface area contributed by atoms with E-state index in [1.54, 1.807) is 0 Å². The first-order valence-electron chi connectivity index (χ1n) is 6.58. The van der Waals surface area contributed by atoms with Crippen molar-refractivity contribution in [2.45, 2.75) is 57.9 Å². The van der Waals surface area contributed by atoms with E-state index in [-0.39, 0.29) is 6.04 Å². The van der Waals surface area contributed by atoms with E-state index in [1.807, 2.05) is 0 Å². The van der Waals surface area contributed by atoms with Crippen molar-refractivity contribution in [2.24, 2.45) is 5.92 Å². The maximum atomic E-state index is 11.8. The highest BCUT2D eigenvalue weighted by Gasteiger charge is 2.30. The Labute approximate surface area is 93.0 Å². The molecule has 0 aromatic carbocycles. The molecule has 2 nitrogen and oxygen atoms in total. The van der Waals surface area contributed by atoms with Crippen LogP contribution in [0.15, 0.2) is 0 Å². The smallest absolute Gasteiger partial charge is 0.149 e. The summed E-state index contributed by atoms with van der Waals surface area (Å²) in [5, 5.41) is 0. The minimum absolute atomic E-state index is 0.268. The molecule has 1 unspecified atom stereocenters. The third-order valence-corrected chi connectivity index (χ3v) is 4.09. The summed E-state index contributed by atoms with van der Waals surface area (Å²) in [6.07, 6.45) is 8.48. The van der Waals surface area contributed by atoms with Gasteiger partial charge in [0.2, 0.25) is 0 Å². The molecule has 2 heteroatoms. The number of hydrogen-bond donors (Lipinski definition) is 0. The van der Waals surface area contributed by atoms with Crippen molar-refractivity contribution in [3.8, 4) is 0 Å². The van der Waals surface area contributed by atoms with Crippen LogP contribution >= 0.6 is 0 Å². The van der Waals surface area contributed by atoms with E-state index in [1.165, 1.54) is 32.2 Å². The Morgan fingerprint density at radius 3 is 2.53 bits per heavy atom. The summed E-state index contributed by atoms with van der Waals surface area (Å²) in [6, 6.07) is 0.268. The average molecular weight is 209 g/mol. The second-order valence-electron chi connectivity index (χ2n) is 5.11. The molecule has 1 atom stereocenters. The molecule has 0 radical (unpaired) electrons. The molecular weight excluding hydrogens is 186 g/mol. The fourth-order valence-corrected chi connectivity index (χ4v) is 2.83. The van der Waals surface area contributed by atoms with Crippen molar-refractivity contribution >= 4 is 5.78 Å². The summed E-state index contributed by atoms with van der Waals surface area (Å²) in [5.74, 6) is 1.39. The number of carbonyl (C=O) groups excluding carboxylic acids is 1. The molecule has 86 valence electrons. The van der Waals surface area contributed by atoms with E-state index in [0.29, 0.717) is 5.78 Å². The molecule has 0 amide bonds. The van der Waals surface area contributed by atoms with Gasteiger partial charge >= 0.3 is 0 Å². The van der Waals surface area contributed by atoms with Gasteiger partial charge in [-0.1, -0.05) is 19.8 Å². The fourth-order valence-electron chi connectivity index (χ4n) is 2.83. The zero-order valence-corrected chi connectivity index (χ0v) is 9.87. The quantitative estimate of drug-likeness (QED) is 0.709. The Morgan fingerprint density at radius 2 is 2.00 bits per heavy atom. The van der Waals surface area contributed by atoms with Crippen molar-refractivity contribution in [3.05, 3.63) is 0 Å². The first kappa shape index (κ1) is 11.1. The Hall–Kier alpha value is -0.370. The standard InChI is InChI=1S/C13H23NO/c1-2-14(10-11-6-5-7-11)12-8-3-4-9-13(12)15/h11-12H,2-10H2,1H3. The number of ketones is 1. The van der Waals surface area contributed by atoms with Crippen molar-refractivity contribution in [2.75, 3.05) is 13.1 Å². The van der Waals surface area contributed by atoms with Crippen LogP contribution in [0.4, 0.5) is 0 Å². The van der Waals surface area contributed by atoms with Crippen molar-refractivity contribution < 1.29 is 4.79 Å². The molecule has 2 rings (SSSR count). The maximum absolute atomic E-state index is 11.8. The summed E-state index contributed by atoms with van der Waals surface area (Å²) >= 11 is 0. The van der Waals surface area contributed by atoms with E-state index in [0.717, 1.165) is 31.7 Å². The Bertz CT molecular complexity index is 223. The van der Waals surface area contributed by atoms with Gasteiger partial charge in [0.1, 0.15) is 5.78 Å². The summed E-state index contributed by atoms with van der Waals surface area (Å²) in [4.78, 5) is 14.3. The van der Waals surface area contributed by atoms with Gasteiger partial charge in [-0.2, -0.15) is 0 Å². The lowest BCUT2D eigenvalue weighted by Gasteiger charge is -2.37. The van der Waals surface area contributed by atoms with Gasteiger partial charge in [0.05, 0.1) is 6.04 Å². The number of carbonyl (C=O) groups is 1. The zero-order valence-electron chi connectivity index (χ0n) is 9.87. The van der Waals surface area contributed by atoms with E-state index in [2.05, 4.69) is 11.8 Å². The Balaban J connectivity index is 1.88. The highest BCUT2D eigenvalue weighted by atomic mass is 16.1. The molecule has 2 aliphatic carbocycles. The normalized spacial score (nSPS) is 28.1. The van der Waals surface area contributed by atoms with Crippen LogP contribution in [0.25, 0.3) is 0 Å². The lowest BCUT2D eigenvalue weighted by atomic mass is 9.84. The van der Waals surface area contributed by atoms with Gasteiger partial charge in [-0.25, -0.2) is 0 Å². The van der Waals surface area contributed by atoms with E-state index in [4.69, 9.17) is 0 Å². The van der Waals surface area contributed by atoms with E-state index in [9.17, 15) is 4.79 Å². The average Bonchev–Trinajstić information content (AvgIpc) is 2.19. The number of rotatable bonds is 4. The van der Waals surface area contributed by atoms with Crippen LogP contribution in [0.1, 0.15) is 51.9 Å². The molecule has 0 aliphatic heterocycles. The minimum atomic E-state index is 0.268. The molecule has 0 aromatic rings. The van der Waals surface area contributed by atoms with Crippen LogP contribution < -0.4 is 0 Å². The molecule has 15 heavy (non-hydrogen) atoms. The van der Waals surface area contributed by atoms with Gasteiger partial charge in [-0.15, -0.1) is 0 Å². The lowest BCUT2D eigenvalue weighted by Crippen LogP contribution is -2.45. The van der Waals surface area contributed by atoms with Gasteiger partial charge in [-0.3, -0.25) is 9.69 Å². The molecule has 0 heterocycles. The van der Waals surface area contributed by atoms with Crippen molar-refractivity contribution in [1.29, 1.82) is 0 Å². The first-order chi connectivity index (χ1) is 7.31. The Morgan fingerprint density at radius 1 is 1.20 bits per heavy atom. The van der Waals surface area contributed by atoms with Gasteiger partial charge in [0.25, 0.3) is 0 Å². The second kappa shape index (κ2) is 5.11. The summed E-state index contributed by atoms with van der Waals surface area (Å²) in [5.41, 5.74) is 0. The number of Topliss-reactive ketones (excluding diaryl/α,β-unsaturated/α-hetero) is 1. The molecule has 2 aliphatic rings.